The van der Waals surface area contributed by atoms with Crippen molar-refractivity contribution in [1.29, 1.82) is 0 Å². The first-order chi connectivity index (χ1) is 8.72. The zero-order valence-electron chi connectivity index (χ0n) is 10.7. The van der Waals surface area contributed by atoms with Crippen molar-refractivity contribution in [2.24, 2.45) is 7.05 Å². The van der Waals surface area contributed by atoms with Gasteiger partial charge in [-0.05, 0) is 25.6 Å². The Hall–Kier alpha value is -1.94. The van der Waals surface area contributed by atoms with Gasteiger partial charge in [-0.3, -0.25) is 9.48 Å². The largest absolute Gasteiger partial charge is 0.319 e. The summed E-state index contributed by atoms with van der Waals surface area (Å²) in [7, 11) is 3.72. The minimum absolute atomic E-state index is 0.0369. The summed E-state index contributed by atoms with van der Waals surface area (Å²) in [4.78, 5) is 12.4. The van der Waals surface area contributed by atoms with Crippen molar-refractivity contribution < 1.29 is 4.79 Å². The van der Waals surface area contributed by atoms with Gasteiger partial charge in [-0.25, -0.2) is 0 Å². The molecule has 4 heteroatoms. The lowest BCUT2D eigenvalue weighted by molar-refractivity contribution is 0.103. The fourth-order valence-corrected chi connectivity index (χ4v) is 1.91. The Kier molecular flexibility index (Phi) is 3.89. The van der Waals surface area contributed by atoms with Crippen LogP contribution in [0.4, 0.5) is 0 Å². The zero-order valence-corrected chi connectivity index (χ0v) is 10.7. The zero-order chi connectivity index (χ0) is 13.0. The van der Waals surface area contributed by atoms with Crippen LogP contribution in [0.15, 0.2) is 36.7 Å². The van der Waals surface area contributed by atoms with Crippen molar-refractivity contribution in [3.63, 3.8) is 0 Å². The molecule has 0 radical (unpaired) electrons. The molecule has 0 aliphatic heterocycles. The summed E-state index contributed by atoms with van der Waals surface area (Å²) in [5.41, 5.74) is 2.47. The van der Waals surface area contributed by atoms with E-state index in [9.17, 15) is 4.79 Å². The Balaban J connectivity index is 2.29. The highest BCUT2D eigenvalue weighted by atomic mass is 16.1. The summed E-state index contributed by atoms with van der Waals surface area (Å²) >= 11 is 0. The van der Waals surface area contributed by atoms with Crippen molar-refractivity contribution >= 4 is 5.78 Å². The number of nitrogens with zero attached hydrogens (tertiary/aromatic N) is 2. The SMILES string of the molecule is CNCCc1ccccc1C(=O)c1cnn(C)c1. The second-order valence-corrected chi connectivity index (χ2v) is 4.24. The van der Waals surface area contributed by atoms with Crippen molar-refractivity contribution in [1.82, 2.24) is 15.1 Å². The van der Waals surface area contributed by atoms with Gasteiger partial charge >= 0.3 is 0 Å². The average molecular weight is 243 g/mol. The lowest BCUT2D eigenvalue weighted by Gasteiger charge is -2.07. The standard InChI is InChI=1S/C14H17N3O/c1-15-8-7-11-5-3-4-6-13(11)14(18)12-9-16-17(2)10-12/h3-6,9-10,15H,7-8H2,1-2H3. The van der Waals surface area contributed by atoms with Gasteiger partial charge in [0, 0.05) is 18.8 Å². The third-order valence-corrected chi connectivity index (χ3v) is 2.87. The summed E-state index contributed by atoms with van der Waals surface area (Å²) in [5.74, 6) is 0.0369. The molecule has 94 valence electrons. The molecule has 0 saturated heterocycles. The number of nitrogens with one attached hydrogen (secondary N) is 1. The summed E-state index contributed by atoms with van der Waals surface area (Å²) in [6, 6.07) is 7.73. The van der Waals surface area contributed by atoms with Crippen LogP contribution in [0.1, 0.15) is 21.5 Å². The number of carbonyl (C=O) groups excluding carboxylic acids is 1. The predicted octanol–water partition coefficient (Wildman–Crippen LogP) is 1.41. The van der Waals surface area contributed by atoms with Gasteiger partial charge in [0.1, 0.15) is 0 Å². The number of rotatable bonds is 5. The molecular formula is C14H17N3O. The fourth-order valence-electron chi connectivity index (χ4n) is 1.91. The van der Waals surface area contributed by atoms with Crippen LogP contribution >= 0.6 is 0 Å². The van der Waals surface area contributed by atoms with E-state index in [0.29, 0.717) is 5.56 Å². The molecule has 0 aliphatic carbocycles. The van der Waals surface area contributed by atoms with Gasteiger partial charge < -0.3 is 5.32 Å². The van der Waals surface area contributed by atoms with Crippen LogP contribution in [0.25, 0.3) is 0 Å². The van der Waals surface area contributed by atoms with Crippen LogP contribution in [-0.4, -0.2) is 29.2 Å². The molecule has 1 aromatic carbocycles. The van der Waals surface area contributed by atoms with Crippen LogP contribution < -0.4 is 5.32 Å². The molecule has 1 aromatic heterocycles. The molecule has 2 aromatic rings. The first-order valence-corrected chi connectivity index (χ1v) is 5.98. The van der Waals surface area contributed by atoms with E-state index < -0.39 is 0 Å². The van der Waals surface area contributed by atoms with Gasteiger partial charge in [-0.2, -0.15) is 5.10 Å². The number of aryl methyl sites for hydroxylation is 1. The highest BCUT2D eigenvalue weighted by Gasteiger charge is 2.14. The smallest absolute Gasteiger partial charge is 0.196 e. The third-order valence-electron chi connectivity index (χ3n) is 2.87. The number of ketones is 1. The molecular weight excluding hydrogens is 226 g/mol. The van der Waals surface area contributed by atoms with E-state index in [0.717, 1.165) is 24.1 Å². The Bertz CT molecular complexity index is 545. The van der Waals surface area contributed by atoms with E-state index >= 15 is 0 Å². The van der Waals surface area contributed by atoms with Crippen molar-refractivity contribution in [3.05, 3.63) is 53.3 Å². The van der Waals surface area contributed by atoms with Crippen LogP contribution in [0.5, 0.6) is 0 Å². The van der Waals surface area contributed by atoms with E-state index in [4.69, 9.17) is 0 Å². The van der Waals surface area contributed by atoms with Gasteiger partial charge in [-0.15, -0.1) is 0 Å². The summed E-state index contributed by atoms with van der Waals surface area (Å²) in [6.45, 7) is 0.858. The summed E-state index contributed by atoms with van der Waals surface area (Å²) in [5, 5.41) is 7.14. The molecule has 0 saturated carbocycles. The number of hydrogen-bond donors (Lipinski definition) is 1. The molecule has 0 unspecified atom stereocenters. The van der Waals surface area contributed by atoms with E-state index in [1.54, 1.807) is 17.1 Å². The number of hydrogen-bond acceptors (Lipinski definition) is 3. The maximum atomic E-state index is 12.4. The maximum absolute atomic E-state index is 12.4. The minimum Gasteiger partial charge on any atom is -0.319 e. The quantitative estimate of drug-likeness (QED) is 0.808. The monoisotopic (exact) mass is 243 g/mol. The van der Waals surface area contributed by atoms with E-state index in [2.05, 4.69) is 10.4 Å². The fraction of sp³-hybridized carbons (Fsp3) is 0.286. The molecule has 0 atom stereocenters. The lowest BCUT2D eigenvalue weighted by Crippen LogP contribution is -2.13. The highest BCUT2D eigenvalue weighted by Crippen LogP contribution is 2.14. The van der Waals surface area contributed by atoms with Crippen LogP contribution in [-0.2, 0) is 13.5 Å². The van der Waals surface area contributed by atoms with E-state index in [-0.39, 0.29) is 5.78 Å². The number of carbonyl (C=O) groups is 1. The van der Waals surface area contributed by atoms with Crippen molar-refractivity contribution in [2.45, 2.75) is 6.42 Å². The Morgan fingerprint density at radius 3 is 2.83 bits per heavy atom. The van der Waals surface area contributed by atoms with Gasteiger partial charge in [-0.1, -0.05) is 24.3 Å². The van der Waals surface area contributed by atoms with Crippen LogP contribution in [0.2, 0.25) is 0 Å². The van der Waals surface area contributed by atoms with Gasteiger partial charge in [0.15, 0.2) is 5.78 Å². The molecule has 0 bridgehead atoms. The van der Waals surface area contributed by atoms with E-state index in [1.165, 1.54) is 0 Å². The highest BCUT2D eigenvalue weighted by molar-refractivity contribution is 6.09. The molecule has 1 heterocycles. The molecule has 2 rings (SSSR count). The normalized spacial score (nSPS) is 10.6. The molecule has 0 fully saturated rings. The first kappa shape index (κ1) is 12.5. The second kappa shape index (κ2) is 5.60. The molecule has 0 spiro atoms. The number of benzene rings is 1. The van der Waals surface area contributed by atoms with Crippen LogP contribution in [0, 0.1) is 0 Å². The van der Waals surface area contributed by atoms with Crippen LogP contribution in [0.3, 0.4) is 0 Å². The molecule has 4 nitrogen and oxygen atoms in total. The molecule has 1 N–H and O–H groups in total. The molecule has 0 amide bonds. The minimum atomic E-state index is 0.0369. The Morgan fingerprint density at radius 1 is 1.39 bits per heavy atom. The molecule has 18 heavy (non-hydrogen) atoms. The third kappa shape index (κ3) is 2.65. The van der Waals surface area contributed by atoms with Crippen molar-refractivity contribution in [2.75, 3.05) is 13.6 Å². The summed E-state index contributed by atoms with van der Waals surface area (Å²) in [6.07, 6.45) is 4.20. The maximum Gasteiger partial charge on any atom is 0.196 e. The first-order valence-electron chi connectivity index (χ1n) is 5.98. The van der Waals surface area contributed by atoms with Crippen molar-refractivity contribution in [3.8, 4) is 0 Å². The van der Waals surface area contributed by atoms with Gasteiger partial charge in [0.05, 0.1) is 11.8 Å². The predicted molar refractivity (Wildman–Crippen MR) is 70.7 cm³/mol. The number of likely N-dealkylation sites (N-methyl/N-ethyl adjacent to an activating group) is 1. The second-order valence-electron chi connectivity index (χ2n) is 4.24. The number of aromatic nitrogens is 2. The van der Waals surface area contributed by atoms with Gasteiger partial charge in [0.25, 0.3) is 0 Å². The van der Waals surface area contributed by atoms with E-state index in [1.807, 2.05) is 38.4 Å². The Labute approximate surface area is 107 Å². The molecule has 0 aliphatic rings. The Morgan fingerprint density at radius 2 is 2.17 bits per heavy atom. The topological polar surface area (TPSA) is 46.9 Å². The van der Waals surface area contributed by atoms with Gasteiger partial charge in [0.2, 0.25) is 0 Å². The summed E-state index contributed by atoms with van der Waals surface area (Å²) < 4.78 is 1.64. The average Bonchev–Trinajstić information content (AvgIpc) is 2.82. The lowest BCUT2D eigenvalue weighted by atomic mass is 9.98.